The highest BCUT2D eigenvalue weighted by Gasteiger charge is 2.40. The molecule has 0 radical (unpaired) electrons. The van der Waals surface area contributed by atoms with E-state index in [1.54, 1.807) is 0 Å². The zero-order valence-corrected chi connectivity index (χ0v) is 8.28. The van der Waals surface area contributed by atoms with Crippen LogP contribution in [0.15, 0.2) is 0 Å². The van der Waals surface area contributed by atoms with Crippen LogP contribution < -0.4 is 11.1 Å². The van der Waals surface area contributed by atoms with Crippen LogP contribution in [0.4, 0.5) is 0 Å². The van der Waals surface area contributed by atoms with Gasteiger partial charge in [-0.05, 0) is 25.7 Å². The lowest BCUT2D eigenvalue weighted by atomic mass is 9.74. The molecule has 1 amide bonds. The maximum atomic E-state index is 11.5. The van der Waals surface area contributed by atoms with Gasteiger partial charge in [-0.25, -0.2) is 0 Å². The predicted molar refractivity (Wildman–Crippen MR) is 52.4 cm³/mol. The van der Waals surface area contributed by atoms with Gasteiger partial charge in [0.2, 0.25) is 5.91 Å². The first-order chi connectivity index (χ1) is 6.72. The second-order valence-corrected chi connectivity index (χ2v) is 4.45. The van der Waals surface area contributed by atoms with E-state index >= 15 is 0 Å². The van der Waals surface area contributed by atoms with Crippen molar-refractivity contribution >= 4 is 5.91 Å². The molecule has 0 aromatic heterocycles. The molecular weight excluding hydrogens is 180 g/mol. The summed E-state index contributed by atoms with van der Waals surface area (Å²) in [6, 6.07) is 0.189. The lowest BCUT2D eigenvalue weighted by Crippen LogP contribution is -2.55. The molecule has 0 aromatic rings. The van der Waals surface area contributed by atoms with Crippen molar-refractivity contribution in [3.05, 3.63) is 0 Å². The number of fused-ring (bicyclic) bond motifs is 1. The van der Waals surface area contributed by atoms with Gasteiger partial charge in [-0.1, -0.05) is 0 Å². The van der Waals surface area contributed by atoms with Crippen molar-refractivity contribution in [3.63, 3.8) is 0 Å². The van der Waals surface area contributed by atoms with E-state index in [1.807, 2.05) is 0 Å². The van der Waals surface area contributed by atoms with Gasteiger partial charge in [0, 0.05) is 18.5 Å². The number of carbonyl (C=O) groups is 1. The third kappa shape index (κ3) is 1.64. The Morgan fingerprint density at radius 3 is 3.00 bits per heavy atom. The van der Waals surface area contributed by atoms with Crippen LogP contribution in [0.3, 0.4) is 0 Å². The van der Waals surface area contributed by atoms with E-state index in [0.717, 1.165) is 25.7 Å². The number of nitrogens with two attached hydrogens (primary N) is 1. The molecule has 1 aliphatic carbocycles. The molecule has 4 atom stereocenters. The second-order valence-electron chi connectivity index (χ2n) is 4.45. The van der Waals surface area contributed by atoms with Crippen molar-refractivity contribution in [1.82, 2.24) is 5.32 Å². The van der Waals surface area contributed by atoms with Crippen LogP contribution in [0.1, 0.15) is 25.7 Å². The number of carbonyl (C=O) groups excluding carboxylic acids is 1. The molecule has 1 aliphatic heterocycles. The molecule has 1 saturated carbocycles. The minimum Gasteiger partial charge on any atom is -0.393 e. The number of nitrogens with one attached hydrogen (secondary N) is 1. The molecule has 1 saturated heterocycles. The van der Waals surface area contributed by atoms with E-state index in [2.05, 4.69) is 5.32 Å². The van der Waals surface area contributed by atoms with Gasteiger partial charge in [0.15, 0.2) is 0 Å². The number of piperidine rings is 1. The smallest absolute Gasteiger partial charge is 0.224 e. The van der Waals surface area contributed by atoms with Crippen LogP contribution in [0.2, 0.25) is 0 Å². The molecule has 14 heavy (non-hydrogen) atoms. The van der Waals surface area contributed by atoms with Crippen molar-refractivity contribution in [3.8, 4) is 0 Å². The highest BCUT2D eigenvalue weighted by Crippen LogP contribution is 2.33. The van der Waals surface area contributed by atoms with E-state index < -0.39 is 0 Å². The molecule has 0 aromatic carbocycles. The molecule has 4 nitrogen and oxygen atoms in total. The maximum absolute atomic E-state index is 11.5. The summed E-state index contributed by atoms with van der Waals surface area (Å²) in [5, 5.41) is 12.8. The van der Waals surface area contributed by atoms with E-state index in [4.69, 9.17) is 5.73 Å². The van der Waals surface area contributed by atoms with Gasteiger partial charge in [-0.15, -0.1) is 0 Å². The Balaban J connectivity index is 2.06. The monoisotopic (exact) mass is 198 g/mol. The second kappa shape index (κ2) is 3.87. The van der Waals surface area contributed by atoms with Crippen LogP contribution in [-0.2, 0) is 4.79 Å². The summed E-state index contributed by atoms with van der Waals surface area (Å²) in [6.45, 7) is 0.391. The van der Waals surface area contributed by atoms with Gasteiger partial charge in [-0.2, -0.15) is 0 Å². The molecule has 1 heterocycles. The van der Waals surface area contributed by atoms with E-state index in [0.29, 0.717) is 6.54 Å². The fourth-order valence-electron chi connectivity index (χ4n) is 2.68. The fourth-order valence-corrected chi connectivity index (χ4v) is 2.68. The summed E-state index contributed by atoms with van der Waals surface area (Å²) in [6.07, 6.45) is 3.40. The van der Waals surface area contributed by atoms with Gasteiger partial charge in [0.1, 0.15) is 0 Å². The van der Waals surface area contributed by atoms with E-state index in [9.17, 15) is 9.90 Å². The first-order valence-electron chi connectivity index (χ1n) is 5.41. The van der Waals surface area contributed by atoms with Crippen LogP contribution in [0.25, 0.3) is 0 Å². The van der Waals surface area contributed by atoms with Crippen LogP contribution in [-0.4, -0.2) is 29.7 Å². The van der Waals surface area contributed by atoms with Gasteiger partial charge < -0.3 is 16.2 Å². The van der Waals surface area contributed by atoms with Crippen molar-refractivity contribution < 1.29 is 9.90 Å². The molecule has 4 N–H and O–H groups in total. The van der Waals surface area contributed by atoms with Crippen molar-refractivity contribution in [1.29, 1.82) is 0 Å². The zero-order chi connectivity index (χ0) is 10.1. The normalized spacial score (nSPS) is 42.9. The lowest BCUT2D eigenvalue weighted by molar-refractivity contribution is -0.131. The molecule has 0 bridgehead atoms. The van der Waals surface area contributed by atoms with Crippen LogP contribution >= 0.6 is 0 Å². The predicted octanol–water partition coefficient (Wildman–Crippen LogP) is -0.389. The Labute approximate surface area is 83.9 Å². The quantitative estimate of drug-likeness (QED) is 0.537. The molecule has 4 heteroatoms. The molecule has 2 aliphatic rings. The number of hydrogen-bond acceptors (Lipinski definition) is 3. The summed E-state index contributed by atoms with van der Waals surface area (Å²) in [5.74, 6) is 0.210. The first kappa shape index (κ1) is 9.93. The molecule has 0 spiro atoms. The standard InChI is InChI=1S/C10H18N2O2/c11-5-6-4-7-8(12-10(6)14)2-1-3-9(7)13/h6-9,13H,1-5,11H2,(H,12,14)/t6-,7-,8+,9+/m0/s1. The average molecular weight is 198 g/mol. The summed E-state index contributed by atoms with van der Waals surface area (Å²) in [4.78, 5) is 11.5. The topological polar surface area (TPSA) is 75.3 Å². The number of hydrogen-bond donors (Lipinski definition) is 3. The summed E-state index contributed by atoms with van der Waals surface area (Å²) < 4.78 is 0. The molecular formula is C10H18N2O2. The number of amides is 1. The fraction of sp³-hybridized carbons (Fsp3) is 0.900. The van der Waals surface area contributed by atoms with Crippen LogP contribution in [0, 0.1) is 11.8 Å². The Kier molecular flexibility index (Phi) is 2.74. The van der Waals surface area contributed by atoms with Crippen molar-refractivity contribution in [2.24, 2.45) is 17.6 Å². The Morgan fingerprint density at radius 1 is 1.50 bits per heavy atom. The molecule has 0 unspecified atom stereocenters. The maximum Gasteiger partial charge on any atom is 0.224 e. The van der Waals surface area contributed by atoms with Crippen molar-refractivity contribution in [2.75, 3.05) is 6.54 Å². The SMILES string of the molecule is NC[C@@H]1C[C@@H]2[C@H](O)CCC[C@H]2NC1=O. The van der Waals surface area contributed by atoms with Gasteiger partial charge >= 0.3 is 0 Å². The Bertz CT molecular complexity index is 232. The van der Waals surface area contributed by atoms with Crippen LogP contribution in [0.5, 0.6) is 0 Å². The minimum atomic E-state index is -0.247. The summed E-state index contributed by atoms with van der Waals surface area (Å²) in [7, 11) is 0. The third-order valence-corrected chi connectivity index (χ3v) is 3.57. The number of rotatable bonds is 1. The number of aliphatic hydroxyl groups is 1. The number of aliphatic hydroxyl groups excluding tert-OH is 1. The average Bonchev–Trinajstić information content (AvgIpc) is 2.17. The highest BCUT2D eigenvalue weighted by atomic mass is 16.3. The van der Waals surface area contributed by atoms with Crippen molar-refractivity contribution in [2.45, 2.75) is 37.8 Å². The lowest BCUT2D eigenvalue weighted by Gasteiger charge is -2.41. The van der Waals surface area contributed by atoms with Gasteiger partial charge in [-0.3, -0.25) is 4.79 Å². The minimum absolute atomic E-state index is 0.0721. The Morgan fingerprint density at radius 2 is 2.29 bits per heavy atom. The summed E-state index contributed by atoms with van der Waals surface area (Å²) >= 11 is 0. The van der Waals surface area contributed by atoms with Gasteiger partial charge in [0.05, 0.1) is 12.0 Å². The largest absolute Gasteiger partial charge is 0.393 e. The third-order valence-electron chi connectivity index (χ3n) is 3.57. The first-order valence-corrected chi connectivity index (χ1v) is 5.41. The van der Waals surface area contributed by atoms with E-state index in [1.165, 1.54) is 0 Å². The van der Waals surface area contributed by atoms with Gasteiger partial charge in [0.25, 0.3) is 0 Å². The summed E-state index contributed by atoms with van der Waals surface area (Å²) in [5.41, 5.74) is 5.52. The molecule has 2 fully saturated rings. The zero-order valence-electron chi connectivity index (χ0n) is 8.28. The Hall–Kier alpha value is -0.610. The molecule has 2 rings (SSSR count). The highest BCUT2D eigenvalue weighted by molar-refractivity contribution is 5.80. The van der Waals surface area contributed by atoms with E-state index in [-0.39, 0.29) is 29.9 Å². The molecule has 80 valence electrons.